The van der Waals surface area contributed by atoms with Crippen LogP contribution < -0.4 is 5.32 Å². The summed E-state index contributed by atoms with van der Waals surface area (Å²) in [5, 5.41) is 9.18. The normalized spacial score (nSPS) is 10.9. The van der Waals surface area contributed by atoms with E-state index in [-0.39, 0.29) is 5.91 Å². The summed E-state index contributed by atoms with van der Waals surface area (Å²) in [7, 11) is 0. The lowest BCUT2D eigenvalue weighted by molar-refractivity contribution is 0.0952. The second-order valence-corrected chi connectivity index (χ2v) is 6.17. The fourth-order valence-corrected chi connectivity index (χ4v) is 3.36. The van der Waals surface area contributed by atoms with Gasteiger partial charge in [-0.3, -0.25) is 4.79 Å². The predicted octanol–water partition coefficient (Wildman–Crippen LogP) is 2.79. The molecular formula is C13H11BrN4OS. The number of aryl methyl sites for hydroxylation is 1. The van der Waals surface area contributed by atoms with Crippen molar-refractivity contribution in [3.05, 3.63) is 50.5 Å². The maximum atomic E-state index is 12.3. The zero-order valence-electron chi connectivity index (χ0n) is 10.6. The number of nitrogens with zero attached hydrogens (tertiary/aromatic N) is 3. The van der Waals surface area contributed by atoms with Gasteiger partial charge in [0.15, 0.2) is 5.65 Å². The number of hydrogen-bond acceptors (Lipinski definition) is 4. The fraction of sp³-hybridized carbons (Fsp3) is 0.154. The third-order valence-corrected chi connectivity index (χ3v) is 4.54. The molecule has 0 aliphatic carbocycles. The molecule has 3 heterocycles. The number of amides is 1. The Balaban J connectivity index is 1.83. The van der Waals surface area contributed by atoms with Crippen LogP contribution in [-0.4, -0.2) is 20.5 Å². The zero-order chi connectivity index (χ0) is 14.1. The molecule has 3 aromatic rings. The van der Waals surface area contributed by atoms with Gasteiger partial charge in [0.05, 0.1) is 12.2 Å². The van der Waals surface area contributed by atoms with E-state index in [1.54, 1.807) is 34.3 Å². The van der Waals surface area contributed by atoms with Crippen LogP contribution in [0.2, 0.25) is 0 Å². The Kier molecular flexibility index (Phi) is 3.54. The van der Waals surface area contributed by atoms with E-state index >= 15 is 0 Å². The molecule has 3 aromatic heterocycles. The van der Waals surface area contributed by atoms with E-state index in [9.17, 15) is 4.79 Å². The number of carbonyl (C=O) groups is 1. The summed E-state index contributed by atoms with van der Waals surface area (Å²) < 4.78 is 2.65. The highest BCUT2D eigenvalue weighted by Gasteiger charge is 2.17. The van der Waals surface area contributed by atoms with E-state index in [1.165, 1.54) is 0 Å². The van der Waals surface area contributed by atoms with E-state index in [2.05, 4.69) is 31.3 Å². The lowest BCUT2D eigenvalue weighted by atomic mass is 10.2. The molecule has 0 aliphatic rings. The van der Waals surface area contributed by atoms with Crippen LogP contribution >= 0.6 is 27.3 Å². The van der Waals surface area contributed by atoms with Crippen LogP contribution in [0.1, 0.15) is 20.9 Å². The first kappa shape index (κ1) is 13.3. The molecule has 0 bridgehead atoms. The van der Waals surface area contributed by atoms with E-state index in [0.29, 0.717) is 23.4 Å². The average Bonchev–Trinajstić information content (AvgIpc) is 2.98. The van der Waals surface area contributed by atoms with Crippen LogP contribution in [0.4, 0.5) is 0 Å². The molecule has 7 heteroatoms. The SMILES string of the molecule is Cc1nn2cccnc2c1C(=O)NCc1cc(Br)cs1. The van der Waals surface area contributed by atoms with Crippen molar-refractivity contribution in [1.29, 1.82) is 0 Å². The standard InChI is InChI=1S/C13H11BrN4OS/c1-8-11(12-15-3-2-4-18(12)17-8)13(19)16-6-10-5-9(14)7-20-10/h2-5,7H,6H2,1H3,(H,16,19). The van der Waals surface area contributed by atoms with Gasteiger partial charge in [0.25, 0.3) is 5.91 Å². The summed E-state index contributed by atoms with van der Waals surface area (Å²) in [4.78, 5) is 17.6. The Labute approximate surface area is 127 Å². The van der Waals surface area contributed by atoms with Crippen molar-refractivity contribution in [2.75, 3.05) is 0 Å². The monoisotopic (exact) mass is 350 g/mol. The molecule has 1 N–H and O–H groups in total. The molecule has 5 nitrogen and oxygen atoms in total. The number of halogens is 1. The van der Waals surface area contributed by atoms with Crippen LogP contribution in [0.25, 0.3) is 5.65 Å². The van der Waals surface area contributed by atoms with Crippen LogP contribution in [0.15, 0.2) is 34.4 Å². The Bertz CT molecular complexity index is 780. The number of hydrogen-bond donors (Lipinski definition) is 1. The summed E-state index contributed by atoms with van der Waals surface area (Å²) in [5.41, 5.74) is 1.78. The summed E-state index contributed by atoms with van der Waals surface area (Å²) in [6.07, 6.45) is 3.44. The molecular weight excluding hydrogens is 340 g/mol. The summed E-state index contributed by atoms with van der Waals surface area (Å²) in [6.45, 7) is 2.31. The van der Waals surface area contributed by atoms with Gasteiger partial charge in [-0.1, -0.05) is 0 Å². The Morgan fingerprint density at radius 2 is 2.40 bits per heavy atom. The van der Waals surface area contributed by atoms with Crippen molar-refractivity contribution in [3.63, 3.8) is 0 Å². The molecule has 0 atom stereocenters. The van der Waals surface area contributed by atoms with Crippen molar-refractivity contribution in [3.8, 4) is 0 Å². The Hall–Kier alpha value is -1.73. The number of nitrogens with one attached hydrogen (secondary N) is 1. The second-order valence-electron chi connectivity index (χ2n) is 4.26. The smallest absolute Gasteiger partial charge is 0.257 e. The molecule has 0 spiro atoms. The minimum absolute atomic E-state index is 0.152. The van der Waals surface area contributed by atoms with Crippen molar-refractivity contribution >= 4 is 38.8 Å². The van der Waals surface area contributed by atoms with Crippen molar-refractivity contribution in [2.24, 2.45) is 0 Å². The van der Waals surface area contributed by atoms with Gasteiger partial charge in [0.2, 0.25) is 0 Å². The molecule has 0 aromatic carbocycles. The highest BCUT2D eigenvalue weighted by atomic mass is 79.9. The molecule has 102 valence electrons. The first-order chi connectivity index (χ1) is 9.65. The van der Waals surface area contributed by atoms with E-state index < -0.39 is 0 Å². The predicted molar refractivity (Wildman–Crippen MR) is 80.9 cm³/mol. The minimum Gasteiger partial charge on any atom is -0.347 e. The summed E-state index contributed by atoms with van der Waals surface area (Å²) in [5.74, 6) is -0.152. The number of carbonyl (C=O) groups excluding carboxylic acids is 1. The van der Waals surface area contributed by atoms with Crippen molar-refractivity contribution in [1.82, 2.24) is 19.9 Å². The van der Waals surface area contributed by atoms with Gasteiger partial charge in [-0.05, 0) is 35.0 Å². The maximum Gasteiger partial charge on any atom is 0.257 e. The zero-order valence-corrected chi connectivity index (χ0v) is 13.0. The van der Waals surface area contributed by atoms with Gasteiger partial charge in [0, 0.05) is 27.1 Å². The molecule has 0 radical (unpaired) electrons. The molecule has 0 aliphatic heterocycles. The highest BCUT2D eigenvalue weighted by molar-refractivity contribution is 9.10. The summed E-state index contributed by atoms with van der Waals surface area (Å²) >= 11 is 4.99. The highest BCUT2D eigenvalue weighted by Crippen LogP contribution is 2.20. The molecule has 0 fully saturated rings. The largest absolute Gasteiger partial charge is 0.347 e. The average molecular weight is 351 g/mol. The molecule has 3 rings (SSSR count). The fourth-order valence-electron chi connectivity index (χ4n) is 1.96. The molecule has 0 unspecified atom stereocenters. The second kappa shape index (κ2) is 5.34. The van der Waals surface area contributed by atoms with Crippen LogP contribution in [0.3, 0.4) is 0 Å². The van der Waals surface area contributed by atoms with Crippen LogP contribution in [-0.2, 0) is 6.54 Å². The number of aromatic nitrogens is 3. The minimum atomic E-state index is -0.152. The lowest BCUT2D eigenvalue weighted by Crippen LogP contribution is -2.23. The van der Waals surface area contributed by atoms with E-state index in [0.717, 1.165) is 9.35 Å². The third-order valence-electron chi connectivity index (χ3n) is 2.84. The topological polar surface area (TPSA) is 59.3 Å². The molecule has 0 saturated heterocycles. The first-order valence-electron chi connectivity index (χ1n) is 5.96. The van der Waals surface area contributed by atoms with Gasteiger partial charge < -0.3 is 5.32 Å². The van der Waals surface area contributed by atoms with Crippen LogP contribution in [0.5, 0.6) is 0 Å². The first-order valence-corrected chi connectivity index (χ1v) is 7.63. The molecule has 20 heavy (non-hydrogen) atoms. The third kappa shape index (κ3) is 2.46. The van der Waals surface area contributed by atoms with E-state index in [4.69, 9.17) is 0 Å². The Morgan fingerprint density at radius 3 is 3.15 bits per heavy atom. The van der Waals surface area contributed by atoms with Gasteiger partial charge in [0.1, 0.15) is 5.56 Å². The number of fused-ring (bicyclic) bond motifs is 1. The molecule has 0 saturated carbocycles. The number of thiophene rings is 1. The quantitative estimate of drug-likeness (QED) is 0.789. The van der Waals surface area contributed by atoms with Crippen molar-refractivity contribution in [2.45, 2.75) is 13.5 Å². The van der Waals surface area contributed by atoms with Crippen molar-refractivity contribution < 1.29 is 4.79 Å². The number of rotatable bonds is 3. The maximum absolute atomic E-state index is 12.3. The summed E-state index contributed by atoms with van der Waals surface area (Å²) in [6, 6.07) is 3.77. The molecule has 1 amide bonds. The van der Waals surface area contributed by atoms with Crippen LogP contribution in [0, 0.1) is 6.92 Å². The van der Waals surface area contributed by atoms with E-state index in [1.807, 2.05) is 18.4 Å². The lowest BCUT2D eigenvalue weighted by Gasteiger charge is -2.02. The van der Waals surface area contributed by atoms with Gasteiger partial charge in [-0.15, -0.1) is 11.3 Å². The van der Waals surface area contributed by atoms with Gasteiger partial charge in [-0.2, -0.15) is 5.10 Å². The Morgan fingerprint density at radius 1 is 1.55 bits per heavy atom. The van der Waals surface area contributed by atoms with Gasteiger partial charge >= 0.3 is 0 Å². The van der Waals surface area contributed by atoms with Gasteiger partial charge in [-0.25, -0.2) is 9.50 Å².